The highest BCUT2D eigenvalue weighted by Crippen LogP contribution is 2.16. The molecule has 0 radical (unpaired) electrons. The molecule has 0 saturated heterocycles. The second-order valence-corrected chi connectivity index (χ2v) is 6.00. The summed E-state index contributed by atoms with van der Waals surface area (Å²) >= 11 is 0. The van der Waals surface area contributed by atoms with Gasteiger partial charge >= 0.3 is 0 Å². The van der Waals surface area contributed by atoms with Gasteiger partial charge in [-0.25, -0.2) is 4.39 Å². The van der Waals surface area contributed by atoms with Crippen LogP contribution in [0.1, 0.15) is 32.6 Å². The minimum Gasteiger partial charge on any atom is -0.370 e. The topological polar surface area (TPSA) is 89.3 Å². The van der Waals surface area contributed by atoms with Gasteiger partial charge in [-0.15, -0.1) is 0 Å². The van der Waals surface area contributed by atoms with E-state index in [0.717, 1.165) is 24.9 Å². The standard InChI is InChI=1S/C17H24FN5O/c1-12(2)9-11-21-17(19)20-10-3-4-15-22-16(23-24-15)13-5-7-14(18)8-6-13/h5-8,12H,3-4,9-11H2,1-2H3,(H3,19,20,21). The van der Waals surface area contributed by atoms with Crippen LogP contribution in [0.15, 0.2) is 33.8 Å². The Labute approximate surface area is 141 Å². The third kappa shape index (κ3) is 5.98. The Morgan fingerprint density at radius 1 is 1.33 bits per heavy atom. The fourth-order valence-electron chi connectivity index (χ4n) is 2.05. The molecule has 0 aliphatic heterocycles. The summed E-state index contributed by atoms with van der Waals surface area (Å²) in [6, 6.07) is 5.99. The number of aryl methyl sites for hydroxylation is 1. The Kier molecular flexibility index (Phi) is 6.72. The molecule has 0 aliphatic rings. The molecule has 0 bridgehead atoms. The van der Waals surface area contributed by atoms with E-state index in [1.807, 2.05) is 0 Å². The van der Waals surface area contributed by atoms with Crippen LogP contribution in [0.25, 0.3) is 11.4 Å². The van der Waals surface area contributed by atoms with Gasteiger partial charge in [0.25, 0.3) is 0 Å². The minimum atomic E-state index is -0.292. The molecule has 0 amide bonds. The zero-order valence-corrected chi connectivity index (χ0v) is 14.1. The van der Waals surface area contributed by atoms with E-state index in [9.17, 15) is 4.39 Å². The van der Waals surface area contributed by atoms with Gasteiger partial charge in [-0.05, 0) is 43.0 Å². The number of nitrogens with two attached hydrogens (primary N) is 1. The first-order chi connectivity index (χ1) is 11.5. The van der Waals surface area contributed by atoms with Gasteiger partial charge in [-0.2, -0.15) is 4.98 Å². The number of guanidine groups is 1. The molecular formula is C17H24FN5O. The maximum absolute atomic E-state index is 12.9. The lowest BCUT2D eigenvalue weighted by Gasteiger charge is -2.07. The highest BCUT2D eigenvalue weighted by Gasteiger charge is 2.08. The first-order valence-corrected chi connectivity index (χ1v) is 8.17. The van der Waals surface area contributed by atoms with Crippen LogP contribution >= 0.6 is 0 Å². The molecule has 0 fully saturated rings. The number of halogens is 1. The monoisotopic (exact) mass is 333 g/mol. The Balaban J connectivity index is 1.74. The van der Waals surface area contributed by atoms with E-state index in [1.165, 1.54) is 12.1 Å². The fourth-order valence-corrected chi connectivity index (χ4v) is 2.05. The summed E-state index contributed by atoms with van der Waals surface area (Å²) in [5.41, 5.74) is 6.51. The lowest BCUT2D eigenvalue weighted by atomic mass is 10.1. The average Bonchev–Trinajstić information content (AvgIpc) is 3.01. The molecule has 0 unspecified atom stereocenters. The third-order valence-electron chi connectivity index (χ3n) is 3.43. The molecule has 2 aromatic rings. The summed E-state index contributed by atoms with van der Waals surface area (Å²) in [6.07, 6.45) is 2.44. The number of hydrogen-bond acceptors (Lipinski definition) is 4. The number of benzene rings is 1. The SMILES string of the molecule is CC(C)CCNC(N)=NCCCc1nc(-c2ccc(F)cc2)no1. The van der Waals surface area contributed by atoms with Crippen molar-refractivity contribution in [2.24, 2.45) is 16.6 Å². The second-order valence-electron chi connectivity index (χ2n) is 6.00. The molecule has 0 saturated carbocycles. The molecule has 130 valence electrons. The van der Waals surface area contributed by atoms with E-state index in [0.29, 0.717) is 36.6 Å². The van der Waals surface area contributed by atoms with Gasteiger partial charge in [0.2, 0.25) is 11.7 Å². The highest BCUT2D eigenvalue weighted by molar-refractivity contribution is 5.77. The first-order valence-electron chi connectivity index (χ1n) is 8.17. The molecule has 0 aliphatic carbocycles. The van der Waals surface area contributed by atoms with E-state index >= 15 is 0 Å². The predicted octanol–water partition coefficient (Wildman–Crippen LogP) is 2.76. The number of nitrogens with one attached hydrogen (secondary N) is 1. The van der Waals surface area contributed by atoms with Crippen LogP contribution in [0, 0.1) is 11.7 Å². The van der Waals surface area contributed by atoms with Crippen LogP contribution < -0.4 is 11.1 Å². The summed E-state index contributed by atoms with van der Waals surface area (Å²) < 4.78 is 18.1. The van der Waals surface area contributed by atoms with Crippen molar-refractivity contribution < 1.29 is 8.91 Å². The average molecular weight is 333 g/mol. The summed E-state index contributed by atoms with van der Waals surface area (Å²) in [5.74, 6) is 1.81. The van der Waals surface area contributed by atoms with Gasteiger partial charge < -0.3 is 15.6 Å². The van der Waals surface area contributed by atoms with E-state index in [1.54, 1.807) is 12.1 Å². The molecule has 6 nitrogen and oxygen atoms in total. The third-order valence-corrected chi connectivity index (χ3v) is 3.43. The van der Waals surface area contributed by atoms with Gasteiger partial charge in [0.15, 0.2) is 5.96 Å². The molecule has 0 spiro atoms. The van der Waals surface area contributed by atoms with Crippen molar-refractivity contribution in [1.29, 1.82) is 0 Å². The molecule has 24 heavy (non-hydrogen) atoms. The minimum absolute atomic E-state index is 0.292. The molecule has 1 heterocycles. The van der Waals surface area contributed by atoms with E-state index < -0.39 is 0 Å². The molecule has 2 rings (SSSR count). The van der Waals surface area contributed by atoms with Crippen LogP contribution in [-0.2, 0) is 6.42 Å². The van der Waals surface area contributed by atoms with E-state index in [-0.39, 0.29) is 5.82 Å². The second kappa shape index (κ2) is 9.00. The fraction of sp³-hybridized carbons (Fsp3) is 0.471. The van der Waals surface area contributed by atoms with Crippen LogP contribution in [0.3, 0.4) is 0 Å². The summed E-state index contributed by atoms with van der Waals surface area (Å²) in [4.78, 5) is 8.56. The lowest BCUT2D eigenvalue weighted by Crippen LogP contribution is -2.33. The van der Waals surface area contributed by atoms with E-state index in [2.05, 4.69) is 34.3 Å². The van der Waals surface area contributed by atoms with Crippen LogP contribution in [0.5, 0.6) is 0 Å². The van der Waals surface area contributed by atoms with Crippen molar-refractivity contribution in [2.75, 3.05) is 13.1 Å². The number of aromatic nitrogens is 2. The summed E-state index contributed by atoms with van der Waals surface area (Å²) in [6.45, 7) is 5.76. The Hall–Kier alpha value is -2.44. The number of hydrogen-bond donors (Lipinski definition) is 2. The van der Waals surface area contributed by atoms with Gasteiger partial charge in [-0.3, -0.25) is 4.99 Å². The van der Waals surface area contributed by atoms with E-state index in [4.69, 9.17) is 10.3 Å². The molecule has 3 N–H and O–H groups in total. The molecule has 1 aromatic carbocycles. The quantitative estimate of drug-likeness (QED) is 0.440. The Morgan fingerprint density at radius 2 is 2.08 bits per heavy atom. The van der Waals surface area contributed by atoms with Gasteiger partial charge in [-0.1, -0.05) is 19.0 Å². The predicted molar refractivity (Wildman–Crippen MR) is 92.0 cm³/mol. The summed E-state index contributed by atoms with van der Waals surface area (Å²) in [5, 5.41) is 6.99. The normalized spacial score (nSPS) is 11.9. The Morgan fingerprint density at radius 3 is 2.79 bits per heavy atom. The number of aliphatic imine (C=N–C) groups is 1. The van der Waals surface area contributed by atoms with Crippen LogP contribution in [0.2, 0.25) is 0 Å². The Bertz CT molecular complexity index is 651. The van der Waals surface area contributed by atoms with Crippen molar-refractivity contribution in [1.82, 2.24) is 15.5 Å². The molecule has 7 heteroatoms. The number of nitrogens with zero attached hydrogens (tertiary/aromatic N) is 3. The van der Waals surface area contributed by atoms with Crippen molar-refractivity contribution in [3.05, 3.63) is 36.0 Å². The first kappa shape index (κ1) is 17.9. The zero-order chi connectivity index (χ0) is 17.4. The van der Waals surface area contributed by atoms with Crippen molar-refractivity contribution in [2.45, 2.75) is 33.1 Å². The maximum Gasteiger partial charge on any atom is 0.227 e. The summed E-state index contributed by atoms with van der Waals surface area (Å²) in [7, 11) is 0. The van der Waals surface area contributed by atoms with Gasteiger partial charge in [0.1, 0.15) is 5.82 Å². The molecular weight excluding hydrogens is 309 g/mol. The van der Waals surface area contributed by atoms with Crippen molar-refractivity contribution >= 4 is 5.96 Å². The van der Waals surface area contributed by atoms with Gasteiger partial charge in [0.05, 0.1) is 0 Å². The molecule has 1 aromatic heterocycles. The van der Waals surface area contributed by atoms with Crippen molar-refractivity contribution in [3.8, 4) is 11.4 Å². The molecule has 0 atom stereocenters. The van der Waals surface area contributed by atoms with Crippen LogP contribution in [-0.4, -0.2) is 29.2 Å². The van der Waals surface area contributed by atoms with Crippen LogP contribution in [0.4, 0.5) is 4.39 Å². The van der Waals surface area contributed by atoms with Gasteiger partial charge in [0, 0.05) is 25.1 Å². The van der Waals surface area contributed by atoms with Crippen molar-refractivity contribution in [3.63, 3.8) is 0 Å². The largest absolute Gasteiger partial charge is 0.370 e. The zero-order valence-electron chi connectivity index (χ0n) is 14.1. The highest BCUT2D eigenvalue weighted by atomic mass is 19.1. The lowest BCUT2D eigenvalue weighted by molar-refractivity contribution is 0.376. The number of rotatable bonds is 8. The maximum atomic E-state index is 12.9. The smallest absolute Gasteiger partial charge is 0.227 e.